The van der Waals surface area contributed by atoms with Crippen LogP contribution in [-0.2, 0) is 0 Å². The highest BCUT2D eigenvalue weighted by atomic mass is 32.1. The van der Waals surface area contributed by atoms with E-state index >= 15 is 0 Å². The van der Waals surface area contributed by atoms with Crippen LogP contribution in [0.1, 0.15) is 15.9 Å². The van der Waals surface area contributed by atoms with Gasteiger partial charge in [0.2, 0.25) is 4.96 Å². The molecule has 0 atom stereocenters. The van der Waals surface area contributed by atoms with E-state index in [1.165, 1.54) is 11.3 Å². The van der Waals surface area contributed by atoms with Crippen LogP contribution in [0.15, 0.2) is 54.7 Å². The molecular formula is C22H20N6OS. The lowest BCUT2D eigenvalue weighted by molar-refractivity contribution is 0.0951. The summed E-state index contributed by atoms with van der Waals surface area (Å²) in [7, 11) is 3.94. The summed E-state index contributed by atoms with van der Waals surface area (Å²) < 4.78 is 1.81. The molecule has 2 aromatic heterocycles. The number of aromatic nitrogens is 3. The van der Waals surface area contributed by atoms with Crippen molar-refractivity contribution in [1.82, 2.24) is 24.8 Å². The molecule has 0 radical (unpaired) electrons. The van der Waals surface area contributed by atoms with Crippen molar-refractivity contribution < 1.29 is 4.79 Å². The van der Waals surface area contributed by atoms with Gasteiger partial charge in [0, 0.05) is 29.8 Å². The number of amides is 1. The fraction of sp³-hybridized carbons (Fsp3) is 0.182. The van der Waals surface area contributed by atoms with Crippen LogP contribution >= 0.6 is 11.3 Å². The van der Waals surface area contributed by atoms with Crippen molar-refractivity contribution in [2.45, 2.75) is 0 Å². The third kappa shape index (κ3) is 4.08. The van der Waals surface area contributed by atoms with Gasteiger partial charge in [-0.05, 0) is 38.4 Å². The van der Waals surface area contributed by atoms with Crippen LogP contribution in [0.4, 0.5) is 0 Å². The number of hydrogen-bond acceptors (Lipinski definition) is 6. The van der Waals surface area contributed by atoms with Crippen LogP contribution in [0.5, 0.6) is 0 Å². The van der Waals surface area contributed by atoms with Crippen molar-refractivity contribution in [3.05, 3.63) is 65.9 Å². The second kappa shape index (κ2) is 8.45. The third-order valence-electron chi connectivity index (χ3n) is 4.63. The molecule has 2 heterocycles. The Balaban J connectivity index is 1.54. The van der Waals surface area contributed by atoms with Crippen molar-refractivity contribution in [2.24, 2.45) is 0 Å². The van der Waals surface area contributed by atoms with Crippen molar-refractivity contribution in [3.8, 4) is 27.9 Å². The number of nitrogens with one attached hydrogen (secondary N) is 1. The van der Waals surface area contributed by atoms with Gasteiger partial charge in [-0.1, -0.05) is 35.6 Å². The van der Waals surface area contributed by atoms with Gasteiger partial charge in [-0.2, -0.15) is 10.4 Å². The summed E-state index contributed by atoms with van der Waals surface area (Å²) in [5.74, 6) is -0.0829. The molecule has 0 fully saturated rings. The van der Waals surface area contributed by atoms with Gasteiger partial charge >= 0.3 is 0 Å². The lowest BCUT2D eigenvalue weighted by Gasteiger charge is -2.10. The average molecular weight is 417 g/mol. The van der Waals surface area contributed by atoms with Gasteiger partial charge in [0.1, 0.15) is 5.01 Å². The lowest BCUT2D eigenvalue weighted by atomic mass is 10.1. The Bertz CT molecular complexity index is 1220. The van der Waals surface area contributed by atoms with Gasteiger partial charge in [0.15, 0.2) is 0 Å². The van der Waals surface area contributed by atoms with Gasteiger partial charge in [0.25, 0.3) is 5.91 Å². The van der Waals surface area contributed by atoms with E-state index in [1.54, 1.807) is 18.3 Å². The molecule has 2 aromatic carbocycles. The number of likely N-dealkylation sites (N-methyl/N-ethyl adjacent to an activating group) is 1. The van der Waals surface area contributed by atoms with Crippen molar-refractivity contribution in [1.29, 1.82) is 5.26 Å². The molecule has 4 aromatic rings. The first-order valence-electron chi connectivity index (χ1n) is 9.43. The van der Waals surface area contributed by atoms with Crippen LogP contribution in [0.3, 0.4) is 0 Å². The number of imidazole rings is 1. The molecule has 0 bridgehead atoms. The molecule has 4 rings (SSSR count). The molecule has 30 heavy (non-hydrogen) atoms. The number of nitrogens with zero attached hydrogens (tertiary/aromatic N) is 5. The second-order valence-electron chi connectivity index (χ2n) is 7.07. The summed E-state index contributed by atoms with van der Waals surface area (Å²) in [6.45, 7) is 1.40. The quantitative estimate of drug-likeness (QED) is 0.521. The summed E-state index contributed by atoms with van der Waals surface area (Å²) in [5, 5.41) is 17.4. The normalized spacial score (nSPS) is 11.0. The molecular weight excluding hydrogens is 396 g/mol. The molecule has 0 aliphatic rings. The number of rotatable bonds is 6. The summed E-state index contributed by atoms with van der Waals surface area (Å²) in [4.78, 5) is 19.5. The van der Waals surface area contributed by atoms with Crippen LogP contribution in [0.25, 0.3) is 26.8 Å². The predicted octanol–water partition coefficient (Wildman–Crippen LogP) is 3.29. The number of hydrogen-bond donors (Lipinski definition) is 1. The first-order valence-corrected chi connectivity index (χ1v) is 10.3. The van der Waals surface area contributed by atoms with Gasteiger partial charge in [-0.3, -0.25) is 4.79 Å². The van der Waals surface area contributed by atoms with Crippen LogP contribution < -0.4 is 5.32 Å². The van der Waals surface area contributed by atoms with Gasteiger partial charge < -0.3 is 10.2 Å². The first kappa shape index (κ1) is 19.8. The average Bonchev–Trinajstić information content (AvgIpc) is 3.34. The highest BCUT2D eigenvalue weighted by Gasteiger charge is 2.13. The molecule has 1 amide bonds. The predicted molar refractivity (Wildman–Crippen MR) is 117 cm³/mol. The van der Waals surface area contributed by atoms with E-state index in [0.717, 1.165) is 33.3 Å². The SMILES string of the molecule is CN(C)CCNC(=O)c1ccc(-c2nn3c(-c4ccc(C#N)cc4)cnc3s2)cc1. The van der Waals surface area contributed by atoms with E-state index in [-0.39, 0.29) is 5.91 Å². The smallest absolute Gasteiger partial charge is 0.251 e. The molecule has 8 heteroatoms. The fourth-order valence-corrected chi connectivity index (χ4v) is 3.86. The van der Waals surface area contributed by atoms with Crippen molar-refractivity contribution >= 4 is 22.2 Å². The Morgan fingerprint density at radius 1 is 1.13 bits per heavy atom. The number of carbonyl (C=O) groups excluding carboxylic acids is 1. The Morgan fingerprint density at radius 3 is 2.50 bits per heavy atom. The van der Waals surface area contributed by atoms with E-state index in [2.05, 4.69) is 16.4 Å². The zero-order chi connectivity index (χ0) is 21.1. The van der Waals surface area contributed by atoms with E-state index in [0.29, 0.717) is 17.7 Å². The number of benzene rings is 2. The number of fused-ring (bicyclic) bond motifs is 1. The molecule has 1 N–H and O–H groups in total. The highest BCUT2D eigenvalue weighted by molar-refractivity contribution is 7.19. The minimum Gasteiger partial charge on any atom is -0.351 e. The monoisotopic (exact) mass is 416 g/mol. The molecule has 0 aliphatic heterocycles. The minimum absolute atomic E-state index is 0.0829. The maximum atomic E-state index is 12.2. The molecule has 150 valence electrons. The second-order valence-corrected chi connectivity index (χ2v) is 8.03. The summed E-state index contributed by atoms with van der Waals surface area (Å²) >= 11 is 1.49. The molecule has 0 saturated carbocycles. The summed E-state index contributed by atoms with van der Waals surface area (Å²) in [5.41, 5.74) is 3.99. The van der Waals surface area contributed by atoms with E-state index < -0.39 is 0 Å². The van der Waals surface area contributed by atoms with Crippen LogP contribution in [0, 0.1) is 11.3 Å². The van der Waals surface area contributed by atoms with Gasteiger partial charge in [-0.25, -0.2) is 9.50 Å². The Kier molecular flexibility index (Phi) is 5.57. The standard InChI is InChI=1S/C22H20N6OS/c1-27(2)12-11-24-20(29)17-7-9-18(10-8-17)21-26-28-19(14-25-22(28)30-21)16-5-3-15(13-23)4-6-16/h3-10,14H,11-12H2,1-2H3,(H,24,29). The van der Waals surface area contributed by atoms with Crippen LogP contribution in [0.2, 0.25) is 0 Å². The Hall–Kier alpha value is -3.54. The van der Waals surface area contributed by atoms with Gasteiger partial charge in [-0.15, -0.1) is 0 Å². The first-order chi connectivity index (χ1) is 14.5. The maximum absolute atomic E-state index is 12.2. The Labute approximate surface area is 178 Å². The zero-order valence-corrected chi connectivity index (χ0v) is 17.5. The fourth-order valence-electron chi connectivity index (χ4n) is 2.98. The highest BCUT2D eigenvalue weighted by Crippen LogP contribution is 2.29. The van der Waals surface area contributed by atoms with E-state index in [1.807, 2.05) is 59.9 Å². The molecule has 7 nitrogen and oxygen atoms in total. The summed E-state index contributed by atoms with van der Waals surface area (Å²) in [6, 6.07) is 16.9. The number of carbonyl (C=O) groups is 1. The largest absolute Gasteiger partial charge is 0.351 e. The maximum Gasteiger partial charge on any atom is 0.251 e. The van der Waals surface area contributed by atoms with Crippen LogP contribution in [-0.4, -0.2) is 52.6 Å². The summed E-state index contributed by atoms with van der Waals surface area (Å²) in [6.07, 6.45) is 1.78. The zero-order valence-electron chi connectivity index (χ0n) is 16.7. The Morgan fingerprint density at radius 2 is 1.83 bits per heavy atom. The van der Waals surface area contributed by atoms with Gasteiger partial charge in [0.05, 0.1) is 23.5 Å². The van der Waals surface area contributed by atoms with Crippen molar-refractivity contribution in [3.63, 3.8) is 0 Å². The molecule has 0 spiro atoms. The topological polar surface area (TPSA) is 86.3 Å². The van der Waals surface area contributed by atoms with Crippen molar-refractivity contribution in [2.75, 3.05) is 27.2 Å². The van der Waals surface area contributed by atoms with E-state index in [9.17, 15) is 4.79 Å². The van der Waals surface area contributed by atoms with E-state index in [4.69, 9.17) is 10.4 Å². The minimum atomic E-state index is -0.0829. The number of nitriles is 1. The molecule has 0 aliphatic carbocycles. The third-order valence-corrected chi connectivity index (χ3v) is 5.61. The molecule has 0 unspecified atom stereocenters. The lowest BCUT2D eigenvalue weighted by Crippen LogP contribution is -2.31. The molecule has 0 saturated heterocycles.